The SMILES string of the molecule is CCCCNC(=O)COC(=O)C(NS(=O)(=O)c1ccc(OC)cc1)C(C)C. The summed E-state index contributed by atoms with van der Waals surface area (Å²) in [5.41, 5.74) is 0. The fourth-order valence-electron chi connectivity index (χ4n) is 2.13. The van der Waals surface area contributed by atoms with Gasteiger partial charge in [-0.15, -0.1) is 0 Å². The zero-order chi connectivity index (χ0) is 20.4. The Morgan fingerprint density at radius 1 is 1.15 bits per heavy atom. The van der Waals surface area contributed by atoms with Crippen molar-refractivity contribution in [2.24, 2.45) is 5.92 Å². The number of sulfonamides is 1. The Morgan fingerprint density at radius 2 is 1.78 bits per heavy atom. The molecular formula is C18H28N2O6S. The molecule has 27 heavy (non-hydrogen) atoms. The lowest BCUT2D eigenvalue weighted by atomic mass is 10.1. The second-order valence-corrected chi connectivity index (χ2v) is 8.04. The van der Waals surface area contributed by atoms with Gasteiger partial charge in [-0.25, -0.2) is 8.42 Å². The maximum Gasteiger partial charge on any atom is 0.324 e. The first kappa shape index (κ1) is 22.9. The molecule has 0 saturated heterocycles. The zero-order valence-electron chi connectivity index (χ0n) is 16.2. The molecular weight excluding hydrogens is 372 g/mol. The molecule has 152 valence electrons. The van der Waals surface area contributed by atoms with Crippen LogP contribution in [-0.4, -0.2) is 46.6 Å². The van der Waals surface area contributed by atoms with Crippen molar-refractivity contribution < 1.29 is 27.5 Å². The smallest absolute Gasteiger partial charge is 0.324 e. The fraction of sp³-hybridized carbons (Fsp3) is 0.556. The average Bonchev–Trinajstić information content (AvgIpc) is 2.64. The number of ether oxygens (including phenoxy) is 2. The monoisotopic (exact) mass is 400 g/mol. The number of hydrogen-bond donors (Lipinski definition) is 2. The molecule has 1 unspecified atom stereocenters. The van der Waals surface area contributed by atoms with Crippen LogP contribution in [0.2, 0.25) is 0 Å². The maximum atomic E-state index is 12.5. The summed E-state index contributed by atoms with van der Waals surface area (Å²) in [5, 5.41) is 2.63. The van der Waals surface area contributed by atoms with Gasteiger partial charge in [-0.3, -0.25) is 9.59 Å². The summed E-state index contributed by atoms with van der Waals surface area (Å²) in [4.78, 5) is 23.9. The Labute approximate surface area is 160 Å². The van der Waals surface area contributed by atoms with Gasteiger partial charge >= 0.3 is 5.97 Å². The third-order valence-corrected chi connectivity index (χ3v) is 5.23. The molecule has 0 aliphatic carbocycles. The number of amides is 1. The third kappa shape index (κ3) is 7.56. The van der Waals surface area contributed by atoms with Gasteiger partial charge in [0.15, 0.2) is 6.61 Å². The van der Waals surface area contributed by atoms with Crippen LogP contribution in [0, 0.1) is 5.92 Å². The topological polar surface area (TPSA) is 111 Å². The molecule has 1 rings (SSSR count). The molecule has 0 saturated carbocycles. The first-order chi connectivity index (χ1) is 12.7. The van der Waals surface area contributed by atoms with E-state index in [9.17, 15) is 18.0 Å². The first-order valence-corrected chi connectivity index (χ1v) is 10.3. The fourth-order valence-corrected chi connectivity index (χ4v) is 3.46. The van der Waals surface area contributed by atoms with Crippen molar-refractivity contribution in [1.82, 2.24) is 10.0 Å². The van der Waals surface area contributed by atoms with E-state index in [1.165, 1.54) is 31.4 Å². The van der Waals surface area contributed by atoms with E-state index in [1.54, 1.807) is 13.8 Å². The van der Waals surface area contributed by atoms with Crippen molar-refractivity contribution in [3.63, 3.8) is 0 Å². The van der Waals surface area contributed by atoms with Gasteiger partial charge in [-0.1, -0.05) is 27.2 Å². The summed E-state index contributed by atoms with van der Waals surface area (Å²) in [6.07, 6.45) is 1.76. The molecule has 0 aromatic heterocycles. The van der Waals surface area contributed by atoms with Gasteiger partial charge in [-0.05, 0) is 36.6 Å². The van der Waals surface area contributed by atoms with Crippen LogP contribution in [0.5, 0.6) is 5.75 Å². The molecule has 1 aromatic carbocycles. The minimum absolute atomic E-state index is 0.000872. The molecule has 0 aliphatic heterocycles. The van der Waals surface area contributed by atoms with Gasteiger partial charge in [0.1, 0.15) is 11.8 Å². The van der Waals surface area contributed by atoms with Crippen LogP contribution < -0.4 is 14.8 Å². The Kier molecular flexibility index (Phi) is 9.23. The van der Waals surface area contributed by atoms with Crippen molar-refractivity contribution in [2.75, 3.05) is 20.3 Å². The Hall–Kier alpha value is -2.13. The molecule has 1 aromatic rings. The average molecular weight is 400 g/mol. The van der Waals surface area contributed by atoms with Gasteiger partial charge in [0.05, 0.1) is 12.0 Å². The highest BCUT2D eigenvalue weighted by Crippen LogP contribution is 2.17. The van der Waals surface area contributed by atoms with Gasteiger partial charge < -0.3 is 14.8 Å². The summed E-state index contributed by atoms with van der Waals surface area (Å²) < 4.78 is 37.4. The van der Waals surface area contributed by atoms with Crippen LogP contribution in [0.1, 0.15) is 33.6 Å². The highest BCUT2D eigenvalue weighted by atomic mass is 32.2. The van der Waals surface area contributed by atoms with E-state index in [2.05, 4.69) is 10.0 Å². The molecule has 2 N–H and O–H groups in total. The van der Waals surface area contributed by atoms with Crippen molar-refractivity contribution in [2.45, 2.75) is 44.6 Å². The second-order valence-electron chi connectivity index (χ2n) is 6.33. The standard InChI is InChI=1S/C18H28N2O6S/c1-5-6-11-19-16(21)12-26-18(22)17(13(2)3)20-27(23,24)15-9-7-14(25-4)8-10-15/h7-10,13,17,20H,5-6,11-12H2,1-4H3,(H,19,21). The van der Waals surface area contributed by atoms with Crippen LogP contribution in [0.4, 0.5) is 0 Å². The lowest BCUT2D eigenvalue weighted by Gasteiger charge is -2.20. The van der Waals surface area contributed by atoms with Crippen LogP contribution in [0.25, 0.3) is 0 Å². The zero-order valence-corrected chi connectivity index (χ0v) is 17.0. The molecule has 1 atom stereocenters. The van der Waals surface area contributed by atoms with Crippen LogP contribution in [0.15, 0.2) is 29.2 Å². The molecule has 0 aliphatic rings. The van der Waals surface area contributed by atoms with Gasteiger partial charge in [-0.2, -0.15) is 4.72 Å². The van der Waals surface area contributed by atoms with Crippen molar-refractivity contribution >= 4 is 21.9 Å². The predicted octanol–water partition coefficient (Wildman–Crippen LogP) is 1.46. The summed E-state index contributed by atoms with van der Waals surface area (Å²) in [5.74, 6) is -1.07. The minimum atomic E-state index is -3.94. The molecule has 1 amide bonds. The molecule has 0 radical (unpaired) electrons. The van der Waals surface area contributed by atoms with E-state index in [0.717, 1.165) is 12.8 Å². The maximum absolute atomic E-state index is 12.5. The number of esters is 1. The molecule has 8 nitrogen and oxygen atoms in total. The van der Waals surface area contributed by atoms with Crippen LogP contribution in [-0.2, 0) is 24.3 Å². The van der Waals surface area contributed by atoms with E-state index in [0.29, 0.717) is 12.3 Å². The number of carbonyl (C=O) groups is 2. The van der Waals surface area contributed by atoms with Crippen LogP contribution >= 0.6 is 0 Å². The highest BCUT2D eigenvalue weighted by Gasteiger charge is 2.30. The van der Waals surface area contributed by atoms with Crippen molar-refractivity contribution in [3.8, 4) is 5.75 Å². The van der Waals surface area contributed by atoms with Crippen LogP contribution in [0.3, 0.4) is 0 Å². The predicted molar refractivity (Wildman–Crippen MR) is 101 cm³/mol. The number of hydrogen-bond acceptors (Lipinski definition) is 6. The van der Waals surface area contributed by atoms with Gasteiger partial charge in [0.2, 0.25) is 10.0 Å². The lowest BCUT2D eigenvalue weighted by Crippen LogP contribution is -2.46. The summed E-state index contributed by atoms with van der Waals surface area (Å²) in [6.45, 7) is 5.42. The molecule has 0 bridgehead atoms. The Morgan fingerprint density at radius 3 is 2.30 bits per heavy atom. The van der Waals surface area contributed by atoms with Gasteiger partial charge in [0, 0.05) is 6.54 Å². The summed E-state index contributed by atoms with van der Waals surface area (Å²) in [6, 6.07) is 4.67. The summed E-state index contributed by atoms with van der Waals surface area (Å²) in [7, 11) is -2.46. The van der Waals surface area contributed by atoms with E-state index < -0.39 is 34.5 Å². The molecule has 0 spiro atoms. The third-order valence-electron chi connectivity index (χ3n) is 3.77. The highest BCUT2D eigenvalue weighted by molar-refractivity contribution is 7.89. The second kappa shape index (κ2) is 10.9. The number of benzene rings is 1. The van der Waals surface area contributed by atoms with E-state index in [-0.39, 0.29) is 10.8 Å². The van der Waals surface area contributed by atoms with Gasteiger partial charge in [0.25, 0.3) is 5.91 Å². The molecule has 0 fully saturated rings. The number of rotatable bonds is 11. The number of methoxy groups -OCH3 is 1. The first-order valence-electron chi connectivity index (χ1n) is 8.81. The normalized spacial score (nSPS) is 12.5. The minimum Gasteiger partial charge on any atom is -0.497 e. The number of nitrogens with one attached hydrogen (secondary N) is 2. The Balaban J connectivity index is 2.73. The van der Waals surface area contributed by atoms with E-state index in [1.807, 2.05) is 6.92 Å². The largest absolute Gasteiger partial charge is 0.497 e. The van der Waals surface area contributed by atoms with Crippen molar-refractivity contribution in [3.05, 3.63) is 24.3 Å². The van der Waals surface area contributed by atoms with E-state index in [4.69, 9.17) is 9.47 Å². The quantitative estimate of drug-likeness (QED) is 0.430. The molecule has 0 heterocycles. The number of carbonyl (C=O) groups excluding carboxylic acids is 2. The lowest BCUT2D eigenvalue weighted by molar-refractivity contribution is -0.151. The summed E-state index contributed by atoms with van der Waals surface area (Å²) >= 11 is 0. The number of unbranched alkanes of at least 4 members (excludes halogenated alkanes) is 1. The Bertz CT molecular complexity index is 716. The van der Waals surface area contributed by atoms with Crippen molar-refractivity contribution in [1.29, 1.82) is 0 Å². The van der Waals surface area contributed by atoms with E-state index >= 15 is 0 Å². The molecule has 9 heteroatoms.